The van der Waals surface area contributed by atoms with Crippen molar-refractivity contribution in [2.45, 2.75) is 26.7 Å². The first-order valence-corrected chi connectivity index (χ1v) is 6.20. The predicted octanol–water partition coefficient (Wildman–Crippen LogP) is 2.85. The minimum Gasteiger partial charge on any atom is -0.490 e. The number of rotatable bonds is 3. The molecule has 0 unspecified atom stereocenters. The van der Waals surface area contributed by atoms with Crippen molar-refractivity contribution in [2.24, 2.45) is 5.92 Å². The fraction of sp³-hybridized carbons (Fsp3) is 0.500. The molecule has 0 spiro atoms. The van der Waals surface area contributed by atoms with Crippen LogP contribution in [-0.4, -0.2) is 19.1 Å². The maximum atomic E-state index is 12.1. The van der Waals surface area contributed by atoms with E-state index in [4.69, 9.17) is 4.74 Å². The molecule has 0 radical (unpaired) electrons. The summed E-state index contributed by atoms with van der Waals surface area (Å²) in [5.41, 5.74) is 0.910. The molecule has 1 aliphatic rings. The van der Waals surface area contributed by atoms with Crippen molar-refractivity contribution in [1.82, 2.24) is 0 Å². The Labute approximate surface area is 102 Å². The molecule has 1 amide bonds. The van der Waals surface area contributed by atoms with Crippen LogP contribution in [0.3, 0.4) is 0 Å². The highest BCUT2D eigenvalue weighted by Crippen LogP contribution is 2.31. The Morgan fingerprint density at radius 3 is 2.94 bits per heavy atom. The predicted molar refractivity (Wildman–Crippen MR) is 68.4 cm³/mol. The van der Waals surface area contributed by atoms with Crippen LogP contribution >= 0.6 is 0 Å². The highest BCUT2D eigenvalue weighted by atomic mass is 16.5. The number of para-hydroxylation sites is 2. The summed E-state index contributed by atoms with van der Waals surface area (Å²) < 4.78 is 5.54. The molecule has 92 valence electrons. The van der Waals surface area contributed by atoms with E-state index in [0.29, 0.717) is 25.5 Å². The second-order valence-electron chi connectivity index (χ2n) is 4.79. The summed E-state index contributed by atoms with van der Waals surface area (Å²) in [4.78, 5) is 14.0. The van der Waals surface area contributed by atoms with Crippen LogP contribution in [-0.2, 0) is 4.79 Å². The SMILES string of the molecule is CC(C)CCC(=O)N1CCOc2ccccc21. The minimum atomic E-state index is 0.203. The average molecular weight is 233 g/mol. The fourth-order valence-corrected chi connectivity index (χ4v) is 1.98. The van der Waals surface area contributed by atoms with Crippen LogP contribution in [0, 0.1) is 5.92 Å². The van der Waals surface area contributed by atoms with Gasteiger partial charge >= 0.3 is 0 Å². The summed E-state index contributed by atoms with van der Waals surface area (Å²) in [7, 11) is 0. The van der Waals surface area contributed by atoms with Crippen LogP contribution in [0.4, 0.5) is 5.69 Å². The summed E-state index contributed by atoms with van der Waals surface area (Å²) in [6.07, 6.45) is 1.56. The smallest absolute Gasteiger partial charge is 0.227 e. The molecule has 17 heavy (non-hydrogen) atoms. The van der Waals surface area contributed by atoms with Crippen molar-refractivity contribution in [3.63, 3.8) is 0 Å². The first-order chi connectivity index (χ1) is 8.18. The van der Waals surface area contributed by atoms with Gasteiger partial charge in [-0.15, -0.1) is 0 Å². The van der Waals surface area contributed by atoms with Crippen molar-refractivity contribution in [2.75, 3.05) is 18.1 Å². The van der Waals surface area contributed by atoms with Crippen LogP contribution in [0.1, 0.15) is 26.7 Å². The maximum absolute atomic E-state index is 12.1. The molecule has 0 aromatic heterocycles. The van der Waals surface area contributed by atoms with Gasteiger partial charge in [-0.1, -0.05) is 26.0 Å². The average Bonchev–Trinajstić information content (AvgIpc) is 2.35. The summed E-state index contributed by atoms with van der Waals surface area (Å²) in [5.74, 6) is 1.58. The number of ether oxygens (including phenoxy) is 1. The number of anilines is 1. The molecule has 0 aliphatic carbocycles. The standard InChI is InChI=1S/C14H19NO2/c1-11(2)7-8-14(16)15-9-10-17-13-6-4-3-5-12(13)15/h3-6,11H,7-10H2,1-2H3. The zero-order chi connectivity index (χ0) is 12.3. The van der Waals surface area contributed by atoms with Gasteiger partial charge < -0.3 is 9.64 Å². The van der Waals surface area contributed by atoms with Gasteiger partial charge in [0.2, 0.25) is 5.91 Å². The van der Waals surface area contributed by atoms with E-state index in [1.807, 2.05) is 29.2 Å². The molecule has 3 nitrogen and oxygen atoms in total. The molecular formula is C14H19NO2. The Morgan fingerprint density at radius 2 is 2.18 bits per heavy atom. The molecule has 0 fully saturated rings. The van der Waals surface area contributed by atoms with Crippen molar-refractivity contribution in [3.05, 3.63) is 24.3 Å². The zero-order valence-corrected chi connectivity index (χ0v) is 10.5. The Kier molecular flexibility index (Phi) is 3.67. The molecule has 0 saturated carbocycles. The highest BCUT2D eigenvalue weighted by molar-refractivity contribution is 5.95. The number of hydrogen-bond acceptors (Lipinski definition) is 2. The maximum Gasteiger partial charge on any atom is 0.227 e. The first-order valence-electron chi connectivity index (χ1n) is 6.20. The zero-order valence-electron chi connectivity index (χ0n) is 10.5. The van der Waals surface area contributed by atoms with Gasteiger partial charge in [-0.2, -0.15) is 0 Å². The van der Waals surface area contributed by atoms with Gasteiger partial charge in [0, 0.05) is 6.42 Å². The molecule has 2 rings (SSSR count). The van der Waals surface area contributed by atoms with Crippen molar-refractivity contribution in [1.29, 1.82) is 0 Å². The summed E-state index contributed by atoms with van der Waals surface area (Å²) in [6, 6.07) is 7.73. The lowest BCUT2D eigenvalue weighted by atomic mass is 10.1. The van der Waals surface area contributed by atoms with Crippen molar-refractivity contribution >= 4 is 11.6 Å². The summed E-state index contributed by atoms with van der Waals surface area (Å²) in [6.45, 7) is 5.53. The van der Waals surface area contributed by atoms with Gasteiger partial charge in [-0.3, -0.25) is 4.79 Å². The Balaban J connectivity index is 2.10. The summed E-state index contributed by atoms with van der Waals surface area (Å²) in [5, 5.41) is 0. The van der Waals surface area contributed by atoms with Crippen molar-refractivity contribution in [3.8, 4) is 5.75 Å². The molecule has 1 heterocycles. The molecule has 0 N–H and O–H groups in total. The lowest BCUT2D eigenvalue weighted by Crippen LogP contribution is -2.37. The van der Waals surface area contributed by atoms with E-state index in [2.05, 4.69) is 13.8 Å². The normalized spacial score (nSPS) is 14.4. The largest absolute Gasteiger partial charge is 0.490 e. The molecule has 1 aromatic carbocycles. The number of carbonyl (C=O) groups excluding carboxylic acids is 1. The molecule has 0 atom stereocenters. The molecule has 1 aromatic rings. The van der Waals surface area contributed by atoms with Crippen molar-refractivity contribution < 1.29 is 9.53 Å². The van der Waals surface area contributed by atoms with Crippen LogP contribution in [0.2, 0.25) is 0 Å². The van der Waals surface area contributed by atoms with Crippen LogP contribution < -0.4 is 9.64 Å². The van der Waals surface area contributed by atoms with Gasteiger partial charge in [-0.05, 0) is 24.5 Å². The highest BCUT2D eigenvalue weighted by Gasteiger charge is 2.22. The van der Waals surface area contributed by atoms with Gasteiger partial charge in [0.1, 0.15) is 12.4 Å². The topological polar surface area (TPSA) is 29.5 Å². The third-order valence-electron chi connectivity index (χ3n) is 2.97. The van der Waals surface area contributed by atoms with E-state index in [0.717, 1.165) is 17.9 Å². The van der Waals surface area contributed by atoms with E-state index in [1.54, 1.807) is 0 Å². The number of nitrogens with zero attached hydrogens (tertiary/aromatic N) is 1. The number of amides is 1. The van der Waals surface area contributed by atoms with E-state index in [-0.39, 0.29) is 5.91 Å². The second-order valence-corrected chi connectivity index (χ2v) is 4.79. The molecule has 3 heteroatoms. The van der Waals surface area contributed by atoms with Gasteiger partial charge in [-0.25, -0.2) is 0 Å². The van der Waals surface area contributed by atoms with Crippen LogP contribution in [0.5, 0.6) is 5.75 Å². The monoisotopic (exact) mass is 233 g/mol. The number of carbonyl (C=O) groups is 1. The fourth-order valence-electron chi connectivity index (χ4n) is 1.98. The van der Waals surface area contributed by atoms with E-state index >= 15 is 0 Å². The van der Waals surface area contributed by atoms with Gasteiger partial charge in [0.05, 0.1) is 12.2 Å². The number of fused-ring (bicyclic) bond motifs is 1. The van der Waals surface area contributed by atoms with E-state index in [9.17, 15) is 4.79 Å². The molecule has 0 bridgehead atoms. The second kappa shape index (κ2) is 5.21. The molecular weight excluding hydrogens is 214 g/mol. The minimum absolute atomic E-state index is 0.203. The van der Waals surface area contributed by atoms with E-state index < -0.39 is 0 Å². The Bertz CT molecular complexity index is 401. The van der Waals surface area contributed by atoms with Crippen LogP contribution in [0.15, 0.2) is 24.3 Å². The first kappa shape index (κ1) is 12.0. The quantitative estimate of drug-likeness (QED) is 0.803. The Hall–Kier alpha value is -1.51. The lowest BCUT2D eigenvalue weighted by Gasteiger charge is -2.29. The lowest BCUT2D eigenvalue weighted by molar-refractivity contribution is -0.119. The number of benzene rings is 1. The molecule has 0 saturated heterocycles. The third-order valence-corrected chi connectivity index (χ3v) is 2.97. The Morgan fingerprint density at radius 1 is 1.41 bits per heavy atom. The molecule has 1 aliphatic heterocycles. The van der Waals surface area contributed by atoms with E-state index in [1.165, 1.54) is 0 Å². The van der Waals surface area contributed by atoms with Crippen LogP contribution in [0.25, 0.3) is 0 Å². The summed E-state index contributed by atoms with van der Waals surface area (Å²) >= 11 is 0. The number of hydrogen-bond donors (Lipinski definition) is 0. The third kappa shape index (κ3) is 2.78. The van der Waals surface area contributed by atoms with Gasteiger partial charge in [0.15, 0.2) is 0 Å². The van der Waals surface area contributed by atoms with Gasteiger partial charge in [0.25, 0.3) is 0 Å².